The predicted molar refractivity (Wildman–Crippen MR) is 115 cm³/mol. The van der Waals surface area contributed by atoms with Gasteiger partial charge in [-0.25, -0.2) is 0 Å². The fraction of sp³-hybridized carbons (Fsp3) is 0.500. The van der Waals surface area contributed by atoms with Gasteiger partial charge in [0.1, 0.15) is 24.2 Å². The fourth-order valence-electron chi connectivity index (χ4n) is 3.12. The van der Waals surface area contributed by atoms with Crippen molar-refractivity contribution in [3.05, 3.63) is 49.1 Å². The normalized spacial score (nSPS) is 13.2. The molecule has 154 valence electrons. The Morgan fingerprint density at radius 2 is 1.61 bits per heavy atom. The lowest BCUT2D eigenvalue weighted by atomic mass is 10.0. The van der Waals surface area contributed by atoms with E-state index in [1.54, 1.807) is 6.08 Å². The van der Waals surface area contributed by atoms with Crippen LogP contribution >= 0.6 is 0 Å². The first-order valence-corrected chi connectivity index (χ1v) is 10.3. The Morgan fingerprint density at radius 1 is 0.964 bits per heavy atom. The number of aliphatic hydroxyl groups excluding tert-OH is 1. The Hall–Kier alpha value is -2.04. The first-order valence-electron chi connectivity index (χ1n) is 10.3. The van der Waals surface area contributed by atoms with Gasteiger partial charge in [0.2, 0.25) is 0 Å². The van der Waals surface area contributed by atoms with Crippen LogP contribution in [0.4, 0.5) is 0 Å². The second kappa shape index (κ2) is 12.4. The molecule has 0 aliphatic rings. The van der Waals surface area contributed by atoms with Crippen LogP contribution in [0.5, 0.6) is 11.5 Å². The summed E-state index contributed by atoms with van der Waals surface area (Å²) in [6.07, 6.45) is 5.77. The molecule has 0 heterocycles. The van der Waals surface area contributed by atoms with Crippen LogP contribution in [0, 0.1) is 5.92 Å². The largest absolute Gasteiger partial charge is 0.493 e. The molecule has 0 radical (unpaired) electrons. The third-order valence-electron chi connectivity index (χ3n) is 4.84. The highest BCUT2D eigenvalue weighted by Gasteiger charge is 2.12. The smallest absolute Gasteiger partial charge is 0.127 e. The van der Waals surface area contributed by atoms with Crippen molar-refractivity contribution in [2.45, 2.75) is 45.6 Å². The van der Waals surface area contributed by atoms with Crippen LogP contribution in [0.2, 0.25) is 0 Å². The summed E-state index contributed by atoms with van der Waals surface area (Å²) in [7, 11) is 0. The molecule has 0 bridgehead atoms. The molecule has 0 spiro atoms. The molecule has 0 saturated carbocycles. The summed E-state index contributed by atoms with van der Waals surface area (Å²) in [6.45, 7) is 9.60. The van der Waals surface area contributed by atoms with Crippen molar-refractivity contribution in [3.63, 3.8) is 0 Å². The molecule has 1 N–H and O–H groups in total. The van der Waals surface area contributed by atoms with Gasteiger partial charge >= 0.3 is 0 Å². The summed E-state index contributed by atoms with van der Waals surface area (Å²) in [4.78, 5) is 0. The molecule has 0 saturated heterocycles. The Kier molecular flexibility index (Phi) is 9.87. The van der Waals surface area contributed by atoms with Crippen LogP contribution < -0.4 is 9.47 Å². The number of fused-ring (bicyclic) bond motifs is 1. The molecule has 2 aromatic rings. The summed E-state index contributed by atoms with van der Waals surface area (Å²) in [6, 6.07) is 11.9. The maximum Gasteiger partial charge on any atom is 0.127 e. The van der Waals surface area contributed by atoms with Crippen molar-refractivity contribution in [2.24, 2.45) is 5.92 Å². The third kappa shape index (κ3) is 6.84. The molecule has 0 aliphatic heterocycles. The van der Waals surface area contributed by atoms with E-state index in [4.69, 9.17) is 14.2 Å². The van der Waals surface area contributed by atoms with E-state index in [0.29, 0.717) is 12.5 Å². The van der Waals surface area contributed by atoms with E-state index in [1.807, 2.05) is 36.4 Å². The minimum Gasteiger partial charge on any atom is -0.493 e. The number of unbranched alkanes of at least 4 members (excludes halogenated alkanes) is 1. The van der Waals surface area contributed by atoms with Gasteiger partial charge in [0, 0.05) is 10.8 Å². The molecule has 0 aliphatic carbocycles. The van der Waals surface area contributed by atoms with Crippen molar-refractivity contribution in [3.8, 4) is 11.5 Å². The van der Waals surface area contributed by atoms with E-state index in [0.717, 1.165) is 35.3 Å². The van der Waals surface area contributed by atoms with Crippen molar-refractivity contribution >= 4 is 10.8 Å². The second-order valence-corrected chi connectivity index (χ2v) is 7.13. The van der Waals surface area contributed by atoms with Gasteiger partial charge in [-0.1, -0.05) is 63.5 Å². The molecule has 2 aromatic carbocycles. The van der Waals surface area contributed by atoms with Crippen molar-refractivity contribution in [2.75, 3.05) is 26.4 Å². The molecule has 0 aromatic heterocycles. The van der Waals surface area contributed by atoms with Crippen molar-refractivity contribution < 1.29 is 19.3 Å². The number of aliphatic hydroxyl groups is 1. The lowest BCUT2D eigenvalue weighted by Gasteiger charge is -2.18. The van der Waals surface area contributed by atoms with Crippen LogP contribution in [0.15, 0.2) is 49.1 Å². The Labute approximate surface area is 169 Å². The lowest BCUT2D eigenvalue weighted by Crippen LogP contribution is -2.23. The van der Waals surface area contributed by atoms with E-state index in [1.165, 1.54) is 19.3 Å². The summed E-state index contributed by atoms with van der Waals surface area (Å²) >= 11 is 0. The van der Waals surface area contributed by atoms with Gasteiger partial charge < -0.3 is 19.3 Å². The zero-order valence-electron chi connectivity index (χ0n) is 17.2. The fourth-order valence-corrected chi connectivity index (χ4v) is 3.12. The van der Waals surface area contributed by atoms with E-state index >= 15 is 0 Å². The Bertz CT molecular complexity index is 713. The maximum atomic E-state index is 10.00. The molecular weight excluding hydrogens is 352 g/mol. The van der Waals surface area contributed by atoms with E-state index in [9.17, 15) is 5.11 Å². The highest BCUT2D eigenvalue weighted by Crippen LogP contribution is 2.33. The number of benzene rings is 2. The molecule has 2 rings (SSSR count). The minimum absolute atomic E-state index is 0.177. The van der Waals surface area contributed by atoms with Gasteiger partial charge in [-0.3, -0.25) is 0 Å². The van der Waals surface area contributed by atoms with Crippen molar-refractivity contribution in [1.82, 2.24) is 0 Å². The molecule has 0 amide bonds. The number of ether oxygens (including phenoxy) is 3. The highest BCUT2D eigenvalue weighted by molar-refractivity contribution is 5.93. The van der Waals surface area contributed by atoms with E-state index < -0.39 is 6.10 Å². The SMILES string of the molecule is C=CCOCC(O)COc1ccc(OCC(CC)CCCC)c2ccccc12. The van der Waals surface area contributed by atoms with Gasteiger partial charge in [0.05, 0.1) is 19.8 Å². The highest BCUT2D eigenvalue weighted by atomic mass is 16.5. The average Bonchev–Trinajstić information content (AvgIpc) is 2.73. The second-order valence-electron chi connectivity index (χ2n) is 7.13. The molecule has 0 fully saturated rings. The van der Waals surface area contributed by atoms with Gasteiger partial charge in [0.15, 0.2) is 0 Å². The maximum absolute atomic E-state index is 10.00. The number of hydrogen-bond donors (Lipinski definition) is 1. The summed E-state index contributed by atoms with van der Waals surface area (Å²) in [5.41, 5.74) is 0. The Balaban J connectivity index is 2.04. The van der Waals surface area contributed by atoms with Crippen LogP contribution in [0.1, 0.15) is 39.5 Å². The van der Waals surface area contributed by atoms with Gasteiger partial charge in [-0.05, 0) is 24.5 Å². The summed E-state index contributed by atoms with van der Waals surface area (Å²) < 4.78 is 17.3. The molecule has 2 unspecified atom stereocenters. The molecule has 2 atom stereocenters. The zero-order valence-corrected chi connectivity index (χ0v) is 17.2. The minimum atomic E-state index is -0.682. The van der Waals surface area contributed by atoms with Crippen molar-refractivity contribution in [1.29, 1.82) is 0 Å². The average molecular weight is 387 g/mol. The standard InChI is InChI=1S/C24H34O4/c1-4-7-10-19(6-3)16-27-23-13-14-24(22-12-9-8-11-21(22)23)28-18-20(25)17-26-15-5-2/h5,8-9,11-14,19-20,25H,2,4,6-7,10,15-18H2,1,3H3. The van der Waals surface area contributed by atoms with Crippen LogP contribution in [0.3, 0.4) is 0 Å². The number of hydrogen-bond acceptors (Lipinski definition) is 4. The summed E-state index contributed by atoms with van der Waals surface area (Å²) in [5, 5.41) is 12.0. The van der Waals surface area contributed by atoms with Crippen LogP contribution in [-0.2, 0) is 4.74 Å². The zero-order chi connectivity index (χ0) is 20.2. The van der Waals surface area contributed by atoms with E-state index in [-0.39, 0.29) is 13.2 Å². The predicted octanol–water partition coefficient (Wildman–Crippen LogP) is 5.38. The quantitative estimate of drug-likeness (QED) is 0.350. The van der Waals surface area contributed by atoms with Gasteiger partial charge in [-0.2, -0.15) is 0 Å². The molecular formula is C24H34O4. The van der Waals surface area contributed by atoms with Gasteiger partial charge in [-0.15, -0.1) is 6.58 Å². The van der Waals surface area contributed by atoms with Gasteiger partial charge in [0.25, 0.3) is 0 Å². The lowest BCUT2D eigenvalue weighted by molar-refractivity contribution is 0.0217. The molecule has 28 heavy (non-hydrogen) atoms. The molecule has 4 heteroatoms. The molecule has 4 nitrogen and oxygen atoms in total. The van der Waals surface area contributed by atoms with Crippen LogP contribution in [-0.4, -0.2) is 37.6 Å². The van der Waals surface area contributed by atoms with E-state index in [2.05, 4.69) is 20.4 Å². The number of rotatable bonds is 14. The third-order valence-corrected chi connectivity index (χ3v) is 4.84. The monoisotopic (exact) mass is 386 g/mol. The van der Waals surface area contributed by atoms with Crippen LogP contribution in [0.25, 0.3) is 10.8 Å². The Morgan fingerprint density at radius 3 is 2.18 bits per heavy atom. The first-order chi connectivity index (χ1) is 13.7. The summed E-state index contributed by atoms with van der Waals surface area (Å²) in [5.74, 6) is 2.21. The topological polar surface area (TPSA) is 47.9 Å². The first kappa shape index (κ1) is 22.3.